The van der Waals surface area contributed by atoms with Gasteiger partial charge in [0, 0.05) is 0 Å². The molecule has 1 aromatic carbocycles. The first-order valence-electron chi connectivity index (χ1n) is 13.4. The summed E-state index contributed by atoms with van der Waals surface area (Å²) in [7, 11) is -4.68. The topological polar surface area (TPSA) is 30.5 Å². The second kappa shape index (κ2) is 8.52. The zero-order valence-electron chi connectivity index (χ0n) is 23.0. The molecule has 3 aliphatic rings. The van der Waals surface area contributed by atoms with Gasteiger partial charge in [0.1, 0.15) is 14.0 Å². The molecule has 186 valence electrons. The largest absolute Gasteiger partial charge is 0.543 e. The molecule has 3 nitrogen and oxygen atoms in total. The first-order chi connectivity index (χ1) is 15.1. The normalized spacial score (nSPS) is 32.1. The van der Waals surface area contributed by atoms with E-state index in [1.54, 1.807) is 11.1 Å². The van der Waals surface area contributed by atoms with Crippen LogP contribution in [-0.2, 0) is 10.8 Å². The van der Waals surface area contributed by atoms with Crippen LogP contribution in [0.25, 0.3) is 0 Å². The van der Waals surface area contributed by atoms with E-state index in [0.717, 1.165) is 17.6 Å². The first-order valence-corrected chi connectivity index (χ1v) is 23.7. The van der Waals surface area contributed by atoms with Crippen LogP contribution in [0.3, 0.4) is 0 Å². The highest BCUT2D eigenvalue weighted by Crippen LogP contribution is 2.62. The van der Waals surface area contributed by atoms with Gasteiger partial charge in [0.25, 0.3) is 0 Å². The summed E-state index contributed by atoms with van der Waals surface area (Å²) in [5.74, 6) is 3.45. The smallest absolute Gasteiger partial charge is 0.242 e. The molecule has 1 aromatic rings. The van der Waals surface area contributed by atoms with Crippen molar-refractivity contribution in [1.29, 1.82) is 0 Å². The average molecular weight is 504 g/mol. The molecule has 0 aromatic heterocycles. The Morgan fingerprint density at radius 2 is 1.58 bits per heavy atom. The minimum atomic E-state index is -1.67. The van der Waals surface area contributed by atoms with Gasteiger partial charge in [0.05, 0.1) is 11.8 Å². The van der Waals surface area contributed by atoms with Gasteiger partial charge in [0.15, 0.2) is 8.32 Å². The molecule has 2 fully saturated rings. The maximum atomic E-state index is 6.78. The van der Waals surface area contributed by atoms with Crippen molar-refractivity contribution in [3.8, 4) is 5.75 Å². The standard InChI is InChI=1S/C27H49NO2Si3/c1-27-16-15-20-21(23(27)13-14-26(27)30-33(8,9)10)12-11-19-17-25(29-32(5,6)7)24(18-22(19)20)28-31(2,3)4/h17-18,20-21,23,26,28H,11-16H2,1-10H3/t20-,21+,23-,26?,27-/m0/s1. The van der Waals surface area contributed by atoms with Gasteiger partial charge >= 0.3 is 0 Å². The van der Waals surface area contributed by atoms with Crippen molar-refractivity contribution in [2.24, 2.45) is 17.3 Å². The molecule has 4 rings (SSSR count). The van der Waals surface area contributed by atoms with Gasteiger partial charge in [-0.15, -0.1) is 0 Å². The molecule has 3 aliphatic carbocycles. The molecule has 1 N–H and O–H groups in total. The maximum Gasteiger partial charge on any atom is 0.242 e. The Kier molecular flexibility index (Phi) is 6.59. The van der Waals surface area contributed by atoms with Gasteiger partial charge in [0.2, 0.25) is 8.32 Å². The summed E-state index contributed by atoms with van der Waals surface area (Å²) in [4.78, 5) is 3.93. The summed E-state index contributed by atoms with van der Waals surface area (Å²) in [6.07, 6.45) is 8.29. The van der Waals surface area contributed by atoms with Crippen LogP contribution in [0, 0.1) is 17.3 Å². The van der Waals surface area contributed by atoms with Crippen LogP contribution >= 0.6 is 0 Å². The van der Waals surface area contributed by atoms with E-state index in [1.165, 1.54) is 44.2 Å². The number of anilines is 1. The van der Waals surface area contributed by atoms with Crippen LogP contribution in [0.5, 0.6) is 5.75 Å². The molecule has 0 heterocycles. The highest BCUT2D eigenvalue weighted by Gasteiger charge is 2.55. The van der Waals surface area contributed by atoms with E-state index >= 15 is 0 Å². The predicted molar refractivity (Wildman–Crippen MR) is 150 cm³/mol. The maximum absolute atomic E-state index is 6.78. The van der Waals surface area contributed by atoms with Crippen LogP contribution in [0.15, 0.2) is 12.1 Å². The number of nitrogens with one attached hydrogen (secondary N) is 1. The summed E-state index contributed by atoms with van der Waals surface area (Å²) in [5.41, 5.74) is 4.82. The second-order valence-corrected chi connectivity index (χ2v) is 28.0. The van der Waals surface area contributed by atoms with E-state index in [-0.39, 0.29) is 0 Å². The van der Waals surface area contributed by atoms with Crippen molar-refractivity contribution < 1.29 is 8.85 Å². The van der Waals surface area contributed by atoms with E-state index in [2.05, 4.69) is 83.0 Å². The van der Waals surface area contributed by atoms with Gasteiger partial charge in [-0.25, -0.2) is 0 Å². The molecule has 2 saturated carbocycles. The van der Waals surface area contributed by atoms with Crippen LogP contribution in [0.4, 0.5) is 5.69 Å². The molecular weight excluding hydrogens is 455 g/mol. The van der Waals surface area contributed by atoms with Crippen LogP contribution < -0.4 is 9.41 Å². The van der Waals surface area contributed by atoms with Crippen molar-refractivity contribution in [3.63, 3.8) is 0 Å². The molecule has 5 atom stereocenters. The molecule has 0 saturated heterocycles. The lowest BCUT2D eigenvalue weighted by molar-refractivity contribution is -0.0140. The molecule has 0 aliphatic heterocycles. The molecule has 0 amide bonds. The number of aryl methyl sites for hydroxylation is 1. The lowest BCUT2D eigenvalue weighted by Crippen LogP contribution is -2.47. The number of hydrogen-bond donors (Lipinski definition) is 1. The fourth-order valence-corrected chi connectivity index (χ4v) is 10.2. The van der Waals surface area contributed by atoms with E-state index < -0.39 is 24.9 Å². The Hall–Kier alpha value is -0.569. The number of hydrogen-bond acceptors (Lipinski definition) is 3. The lowest BCUT2D eigenvalue weighted by atomic mass is 9.55. The molecule has 0 radical (unpaired) electrons. The third-order valence-electron chi connectivity index (χ3n) is 8.16. The van der Waals surface area contributed by atoms with Crippen molar-refractivity contribution in [3.05, 3.63) is 23.3 Å². The highest BCUT2D eigenvalue weighted by molar-refractivity contribution is 6.79. The molecule has 0 spiro atoms. The SMILES string of the molecule is C[C@]12CC[C@@H]3c4cc(N[Si](C)(C)C)c(O[Si](C)(C)C)cc4CC[C@H]3[C@@H]1CCC2O[Si](C)(C)C. The van der Waals surface area contributed by atoms with E-state index in [4.69, 9.17) is 8.85 Å². The number of fused-ring (bicyclic) bond motifs is 5. The lowest BCUT2D eigenvalue weighted by Gasteiger charge is -2.51. The Morgan fingerprint density at radius 1 is 0.879 bits per heavy atom. The Bertz CT molecular complexity index is 883. The van der Waals surface area contributed by atoms with Crippen molar-refractivity contribution >= 4 is 30.6 Å². The van der Waals surface area contributed by atoms with Crippen LogP contribution in [0.2, 0.25) is 58.9 Å². The Balaban J connectivity index is 1.66. The minimum Gasteiger partial charge on any atom is -0.543 e. The monoisotopic (exact) mass is 503 g/mol. The highest BCUT2D eigenvalue weighted by atomic mass is 28.4. The molecule has 1 unspecified atom stereocenters. The zero-order chi connectivity index (χ0) is 24.4. The fourth-order valence-electron chi connectivity index (χ4n) is 7.09. The van der Waals surface area contributed by atoms with Crippen molar-refractivity contribution in [2.75, 3.05) is 4.98 Å². The molecule has 33 heavy (non-hydrogen) atoms. The molecular formula is C27H49NO2Si3. The van der Waals surface area contributed by atoms with Crippen molar-refractivity contribution in [1.82, 2.24) is 0 Å². The van der Waals surface area contributed by atoms with Gasteiger partial charge < -0.3 is 13.8 Å². The first kappa shape index (κ1) is 25.5. The minimum absolute atomic E-state index is 0.374. The van der Waals surface area contributed by atoms with Gasteiger partial charge in [-0.1, -0.05) is 26.6 Å². The summed E-state index contributed by atoms with van der Waals surface area (Å²) in [5, 5.41) is 0. The van der Waals surface area contributed by atoms with Crippen molar-refractivity contribution in [2.45, 2.75) is 116 Å². The van der Waals surface area contributed by atoms with Crippen LogP contribution in [-0.4, -0.2) is 31.0 Å². The summed E-state index contributed by atoms with van der Waals surface area (Å²) in [6, 6.07) is 4.94. The number of rotatable bonds is 6. The van der Waals surface area contributed by atoms with E-state index in [1.807, 2.05) is 0 Å². The average Bonchev–Trinajstić information content (AvgIpc) is 2.94. The quantitative estimate of drug-likeness (QED) is 0.397. The van der Waals surface area contributed by atoms with E-state index in [9.17, 15) is 0 Å². The van der Waals surface area contributed by atoms with Gasteiger partial charge in [-0.2, -0.15) is 0 Å². The molecule has 6 heteroatoms. The van der Waals surface area contributed by atoms with E-state index in [0.29, 0.717) is 17.4 Å². The summed E-state index contributed by atoms with van der Waals surface area (Å²) >= 11 is 0. The Morgan fingerprint density at radius 3 is 2.18 bits per heavy atom. The number of benzene rings is 1. The zero-order valence-corrected chi connectivity index (χ0v) is 26.0. The Labute approximate surface area is 206 Å². The molecule has 0 bridgehead atoms. The van der Waals surface area contributed by atoms with Gasteiger partial charge in [-0.3, -0.25) is 0 Å². The second-order valence-electron chi connectivity index (χ2n) is 14.4. The summed E-state index contributed by atoms with van der Waals surface area (Å²) < 4.78 is 13.4. The third-order valence-corrected chi connectivity index (χ3v) is 11.0. The predicted octanol–water partition coefficient (Wildman–Crippen LogP) is 8.22. The fraction of sp³-hybridized carbons (Fsp3) is 0.778. The third kappa shape index (κ3) is 5.49. The summed E-state index contributed by atoms with van der Waals surface area (Å²) in [6.45, 7) is 23.7. The van der Waals surface area contributed by atoms with Gasteiger partial charge in [-0.05, 0) is 124 Å². The van der Waals surface area contributed by atoms with Crippen LogP contribution in [0.1, 0.15) is 56.1 Å².